The maximum Gasteiger partial charge on any atom is 0.412 e. The molecule has 1 aromatic heterocycles. The van der Waals surface area contributed by atoms with E-state index in [0.717, 1.165) is 27.4 Å². The molecule has 3 aliphatic rings. The van der Waals surface area contributed by atoms with E-state index in [1.54, 1.807) is 19.2 Å². The van der Waals surface area contributed by atoms with Gasteiger partial charge in [-0.05, 0) is 49.8 Å². The fourth-order valence-corrected chi connectivity index (χ4v) is 6.68. The van der Waals surface area contributed by atoms with Crippen molar-refractivity contribution in [2.45, 2.75) is 39.0 Å². The minimum atomic E-state index is -0.586. The van der Waals surface area contributed by atoms with E-state index in [4.69, 9.17) is 25.8 Å². The predicted molar refractivity (Wildman–Crippen MR) is 144 cm³/mol. The minimum Gasteiger partial charge on any atom is -0.463 e. The molecule has 198 valence electrons. The molecule has 3 heterocycles. The Morgan fingerprint density at radius 3 is 2.89 bits per heavy atom. The lowest BCUT2D eigenvalue weighted by molar-refractivity contribution is -0.0367. The fraction of sp³-hybridized carbons (Fsp3) is 0.393. The number of hydrogen-bond donors (Lipinski definition) is 1. The summed E-state index contributed by atoms with van der Waals surface area (Å²) in [6.07, 6.45) is 0.433. The topological polar surface area (TPSA) is 90.0 Å². The van der Waals surface area contributed by atoms with Crippen LogP contribution in [0.15, 0.2) is 36.4 Å². The van der Waals surface area contributed by atoms with Crippen LogP contribution in [0.5, 0.6) is 11.5 Å². The lowest BCUT2D eigenvalue weighted by Gasteiger charge is -2.27. The molecule has 2 fully saturated rings. The Bertz CT molecular complexity index is 1430. The average Bonchev–Trinajstić information content (AvgIpc) is 3.22. The molecule has 0 radical (unpaired) electrons. The second kappa shape index (κ2) is 9.87. The van der Waals surface area contributed by atoms with Gasteiger partial charge in [0, 0.05) is 32.2 Å². The van der Waals surface area contributed by atoms with Crippen LogP contribution >= 0.6 is 22.9 Å². The van der Waals surface area contributed by atoms with Gasteiger partial charge in [0.25, 0.3) is 5.91 Å². The van der Waals surface area contributed by atoms with E-state index in [0.29, 0.717) is 59.1 Å². The first kappa shape index (κ1) is 25.2. The maximum absolute atomic E-state index is 13.8. The van der Waals surface area contributed by atoms with E-state index in [1.807, 2.05) is 36.9 Å². The summed E-state index contributed by atoms with van der Waals surface area (Å²) in [4.78, 5) is 33.9. The number of thiazole rings is 1. The molecule has 2 amide bonds. The number of nitrogens with one attached hydrogen (secondary N) is 1. The highest BCUT2D eigenvalue weighted by molar-refractivity contribution is 7.15. The monoisotopic (exact) mass is 553 g/mol. The summed E-state index contributed by atoms with van der Waals surface area (Å²) in [5.74, 6) is 1.60. The average molecular weight is 554 g/mol. The molecule has 0 bridgehead atoms. The van der Waals surface area contributed by atoms with Crippen molar-refractivity contribution in [3.63, 3.8) is 0 Å². The number of aromatic nitrogens is 1. The van der Waals surface area contributed by atoms with Crippen molar-refractivity contribution in [1.29, 1.82) is 0 Å². The molecule has 1 N–H and O–H groups in total. The van der Waals surface area contributed by atoms with Crippen molar-refractivity contribution in [3.8, 4) is 21.9 Å². The molecule has 38 heavy (non-hydrogen) atoms. The number of ether oxygens (including phenoxy) is 3. The third kappa shape index (κ3) is 4.63. The Morgan fingerprint density at radius 2 is 2.11 bits per heavy atom. The van der Waals surface area contributed by atoms with Gasteiger partial charge in [-0.1, -0.05) is 41.4 Å². The van der Waals surface area contributed by atoms with E-state index >= 15 is 0 Å². The molecule has 6 rings (SSSR count). The Morgan fingerprint density at radius 1 is 1.26 bits per heavy atom. The number of benzene rings is 2. The molecule has 1 saturated carbocycles. The zero-order valence-corrected chi connectivity index (χ0v) is 22.9. The maximum atomic E-state index is 13.8. The Hall–Kier alpha value is -3.14. The zero-order chi connectivity index (χ0) is 26.6. The summed E-state index contributed by atoms with van der Waals surface area (Å²) in [6.45, 7) is 4.94. The summed E-state index contributed by atoms with van der Waals surface area (Å²) >= 11 is 7.78. The first-order chi connectivity index (χ1) is 18.3. The predicted octanol–water partition coefficient (Wildman–Crippen LogP) is 5.24. The van der Waals surface area contributed by atoms with Crippen LogP contribution < -0.4 is 14.8 Å². The van der Waals surface area contributed by atoms with Crippen molar-refractivity contribution >= 4 is 34.9 Å². The standard InChI is InChI=1S/C28H28ClN3O5S/c1-14-5-4-6-16(9-14)26-24(31-15(2)38-26)27(33)32-13-17-10-18(17)21(32)12-30-28(34)36-22-8-7-20(29)25-19(22)11-23(35-3)37-25/h4-9,17-18,21,23H,10-13H2,1-3H3,(H,30,34)/t17-,18-,21+,23?/m0/s1. The molecule has 3 aromatic rings. The van der Waals surface area contributed by atoms with Crippen molar-refractivity contribution in [1.82, 2.24) is 15.2 Å². The molecule has 4 atom stereocenters. The molecule has 10 heteroatoms. The summed E-state index contributed by atoms with van der Waals surface area (Å²) < 4.78 is 16.6. The van der Waals surface area contributed by atoms with Crippen molar-refractivity contribution in [2.24, 2.45) is 11.8 Å². The van der Waals surface area contributed by atoms with E-state index in [2.05, 4.69) is 16.4 Å². The lowest BCUT2D eigenvalue weighted by atomic mass is 10.1. The van der Waals surface area contributed by atoms with E-state index in [9.17, 15) is 9.59 Å². The van der Waals surface area contributed by atoms with Gasteiger partial charge in [-0.3, -0.25) is 4.79 Å². The minimum absolute atomic E-state index is 0.0866. The number of nitrogens with zero attached hydrogens (tertiary/aromatic N) is 2. The lowest BCUT2D eigenvalue weighted by Crippen LogP contribution is -2.46. The van der Waals surface area contributed by atoms with Crippen LogP contribution in [0, 0.1) is 25.7 Å². The van der Waals surface area contributed by atoms with Gasteiger partial charge in [-0.2, -0.15) is 0 Å². The molecular weight excluding hydrogens is 526 g/mol. The molecular formula is C28H28ClN3O5S. The highest BCUT2D eigenvalue weighted by atomic mass is 35.5. The normalized spacial score (nSPS) is 23.0. The van der Waals surface area contributed by atoms with Crippen molar-refractivity contribution in [2.75, 3.05) is 20.2 Å². The summed E-state index contributed by atoms with van der Waals surface area (Å²) in [5.41, 5.74) is 3.31. The third-order valence-corrected chi connectivity index (χ3v) is 8.81. The van der Waals surface area contributed by atoms with Gasteiger partial charge in [-0.15, -0.1) is 11.3 Å². The van der Waals surface area contributed by atoms with Gasteiger partial charge in [0.1, 0.15) is 17.2 Å². The summed E-state index contributed by atoms with van der Waals surface area (Å²) in [6, 6.07) is 11.3. The molecule has 2 aromatic carbocycles. The highest BCUT2D eigenvalue weighted by Gasteiger charge is 2.54. The van der Waals surface area contributed by atoms with Crippen LogP contribution in [-0.2, 0) is 11.2 Å². The van der Waals surface area contributed by atoms with Crippen LogP contribution in [-0.4, -0.2) is 54.4 Å². The molecule has 8 nitrogen and oxygen atoms in total. The SMILES string of the molecule is COC1Cc2c(OC(=O)NC[C@@H]3[C@H]4C[C@H]4CN3C(=O)c3nc(C)sc3-c3cccc(C)c3)ccc(Cl)c2O1. The van der Waals surface area contributed by atoms with Crippen molar-refractivity contribution < 1.29 is 23.8 Å². The van der Waals surface area contributed by atoms with Crippen molar-refractivity contribution in [3.05, 3.63) is 63.2 Å². The number of carbonyl (C=O) groups excluding carboxylic acids is 2. The molecule has 0 spiro atoms. The second-order valence-corrected chi connectivity index (χ2v) is 11.7. The number of halogens is 1. The van der Waals surface area contributed by atoms with Crippen LogP contribution in [0.3, 0.4) is 0 Å². The van der Waals surface area contributed by atoms with Crippen LogP contribution in [0.25, 0.3) is 10.4 Å². The highest BCUT2D eigenvalue weighted by Crippen LogP contribution is 2.50. The largest absolute Gasteiger partial charge is 0.463 e. The van der Waals surface area contributed by atoms with Gasteiger partial charge < -0.3 is 24.4 Å². The summed E-state index contributed by atoms with van der Waals surface area (Å²) in [5, 5.41) is 4.17. The van der Waals surface area contributed by atoms with Gasteiger partial charge in [0.2, 0.25) is 6.29 Å². The van der Waals surface area contributed by atoms with E-state index in [-0.39, 0.29) is 11.9 Å². The van der Waals surface area contributed by atoms with E-state index < -0.39 is 12.4 Å². The quantitative estimate of drug-likeness (QED) is 0.449. The molecule has 1 saturated heterocycles. The number of likely N-dealkylation sites (tertiary alicyclic amines) is 1. The number of rotatable bonds is 6. The van der Waals surface area contributed by atoms with E-state index in [1.165, 1.54) is 11.3 Å². The zero-order valence-electron chi connectivity index (χ0n) is 21.3. The molecule has 1 aliphatic carbocycles. The molecule has 1 unspecified atom stereocenters. The number of piperidine rings is 1. The second-order valence-electron chi connectivity index (χ2n) is 10.1. The van der Waals surface area contributed by atoms with Crippen LogP contribution in [0.4, 0.5) is 4.79 Å². The first-order valence-electron chi connectivity index (χ1n) is 12.6. The Kier molecular flexibility index (Phi) is 6.53. The number of fused-ring (bicyclic) bond motifs is 2. The fourth-order valence-electron chi connectivity index (χ4n) is 5.55. The Balaban J connectivity index is 1.15. The van der Waals surface area contributed by atoms with Gasteiger partial charge in [0.05, 0.1) is 20.9 Å². The number of carbonyl (C=O) groups is 2. The Labute approximate surface area is 229 Å². The summed E-state index contributed by atoms with van der Waals surface area (Å²) in [7, 11) is 1.55. The number of hydrogen-bond acceptors (Lipinski definition) is 7. The van der Waals surface area contributed by atoms with Crippen LogP contribution in [0.2, 0.25) is 5.02 Å². The number of aryl methyl sites for hydroxylation is 2. The number of amides is 2. The molecule has 2 aliphatic heterocycles. The third-order valence-electron chi connectivity index (χ3n) is 7.49. The smallest absolute Gasteiger partial charge is 0.412 e. The number of methoxy groups -OCH3 is 1. The van der Waals surface area contributed by atoms with Gasteiger partial charge in [0.15, 0.2) is 0 Å². The van der Waals surface area contributed by atoms with Gasteiger partial charge >= 0.3 is 6.09 Å². The van der Waals surface area contributed by atoms with Gasteiger partial charge in [-0.25, -0.2) is 9.78 Å². The first-order valence-corrected chi connectivity index (χ1v) is 13.8. The van der Waals surface area contributed by atoms with Crippen LogP contribution in [0.1, 0.15) is 33.0 Å².